The van der Waals surface area contributed by atoms with E-state index in [4.69, 9.17) is 0 Å². The average Bonchev–Trinajstić information content (AvgIpc) is 2.86. The van der Waals surface area contributed by atoms with Crippen LogP contribution in [0.5, 0.6) is 0 Å². The van der Waals surface area contributed by atoms with E-state index >= 15 is 0 Å². The van der Waals surface area contributed by atoms with Gasteiger partial charge >= 0.3 is 0 Å². The second kappa shape index (κ2) is 7.33. The Morgan fingerprint density at radius 3 is 2.60 bits per heavy atom. The highest BCUT2D eigenvalue weighted by atomic mass is 32.1. The van der Waals surface area contributed by atoms with Crippen molar-refractivity contribution in [1.82, 2.24) is 9.88 Å². The first-order valence-corrected chi connectivity index (χ1v) is 9.07. The van der Waals surface area contributed by atoms with Crippen molar-refractivity contribution in [3.8, 4) is 0 Å². The molecule has 3 rings (SSSR count). The number of hydrogen-bond donors (Lipinski definition) is 2. The van der Waals surface area contributed by atoms with Gasteiger partial charge in [-0.05, 0) is 37.1 Å². The number of benzene rings is 1. The van der Waals surface area contributed by atoms with Crippen LogP contribution in [-0.2, 0) is 22.6 Å². The summed E-state index contributed by atoms with van der Waals surface area (Å²) in [4.78, 5) is 31.2. The quantitative estimate of drug-likeness (QED) is 0.881. The molecule has 0 spiro atoms. The number of nitrogens with zero attached hydrogens (tertiary/aromatic N) is 2. The maximum Gasteiger partial charge on any atom is 0.238 e. The zero-order valence-corrected chi connectivity index (χ0v) is 15.5. The van der Waals surface area contributed by atoms with Crippen molar-refractivity contribution >= 4 is 34.0 Å². The minimum absolute atomic E-state index is 0.0138. The van der Waals surface area contributed by atoms with Gasteiger partial charge < -0.3 is 10.6 Å². The average molecular weight is 358 g/mol. The molecule has 132 valence electrons. The lowest BCUT2D eigenvalue weighted by Crippen LogP contribution is -2.36. The van der Waals surface area contributed by atoms with Crippen LogP contribution in [0.1, 0.15) is 28.6 Å². The van der Waals surface area contributed by atoms with Gasteiger partial charge in [-0.2, -0.15) is 0 Å². The first-order chi connectivity index (χ1) is 11.9. The van der Waals surface area contributed by atoms with Crippen molar-refractivity contribution in [2.45, 2.75) is 33.7 Å². The number of amides is 2. The van der Waals surface area contributed by atoms with E-state index in [1.807, 2.05) is 26.0 Å². The summed E-state index contributed by atoms with van der Waals surface area (Å²) in [5.74, 6) is -0.129. The van der Waals surface area contributed by atoms with Gasteiger partial charge in [0.15, 0.2) is 5.13 Å². The van der Waals surface area contributed by atoms with Crippen LogP contribution in [-0.4, -0.2) is 34.8 Å². The summed E-state index contributed by atoms with van der Waals surface area (Å²) < 4.78 is 0. The summed E-state index contributed by atoms with van der Waals surface area (Å²) in [6.07, 6.45) is 0.794. The lowest BCUT2D eigenvalue weighted by Gasteiger charge is -2.25. The van der Waals surface area contributed by atoms with Crippen molar-refractivity contribution in [3.05, 3.63) is 39.9 Å². The van der Waals surface area contributed by atoms with Gasteiger partial charge in [-0.1, -0.05) is 6.07 Å². The first-order valence-electron chi connectivity index (χ1n) is 8.26. The van der Waals surface area contributed by atoms with Crippen molar-refractivity contribution in [2.24, 2.45) is 0 Å². The molecule has 0 saturated carbocycles. The van der Waals surface area contributed by atoms with Crippen molar-refractivity contribution < 1.29 is 9.59 Å². The number of rotatable bonds is 4. The molecule has 2 N–H and O–H groups in total. The molecule has 6 nitrogen and oxygen atoms in total. The molecule has 2 heterocycles. The summed E-state index contributed by atoms with van der Waals surface area (Å²) in [6.45, 7) is 7.34. The zero-order valence-electron chi connectivity index (χ0n) is 14.7. The fraction of sp³-hybridized carbons (Fsp3) is 0.389. The molecule has 25 heavy (non-hydrogen) atoms. The highest BCUT2D eigenvalue weighted by Crippen LogP contribution is 2.28. The zero-order chi connectivity index (χ0) is 18.0. The van der Waals surface area contributed by atoms with E-state index < -0.39 is 0 Å². The Balaban J connectivity index is 1.59. The predicted octanol–water partition coefficient (Wildman–Crippen LogP) is 2.72. The van der Waals surface area contributed by atoms with Gasteiger partial charge in [0.05, 0.1) is 12.2 Å². The Bertz CT molecular complexity index is 795. The Hall–Kier alpha value is -2.25. The summed E-state index contributed by atoms with van der Waals surface area (Å²) in [5.41, 5.74) is 4.13. The van der Waals surface area contributed by atoms with E-state index in [2.05, 4.69) is 26.6 Å². The van der Waals surface area contributed by atoms with E-state index in [1.165, 1.54) is 18.3 Å². The molecule has 1 aliphatic rings. The van der Waals surface area contributed by atoms with Crippen LogP contribution in [0, 0.1) is 13.8 Å². The molecule has 0 saturated heterocycles. The van der Waals surface area contributed by atoms with Gasteiger partial charge in [-0.15, -0.1) is 11.3 Å². The standard InChI is InChI=1S/C18H22N4O2S/c1-11-6-12(2)8-14(7-11)20-17(24)10-22-5-4-15-16(9-22)25-18(21-15)19-13(3)23/h6-8H,4-5,9-10H2,1-3H3,(H,20,24)(H,19,21,23). The number of carbonyl (C=O) groups excluding carboxylic acids is 2. The minimum Gasteiger partial charge on any atom is -0.325 e. The molecule has 1 aliphatic heterocycles. The number of thiazole rings is 1. The van der Waals surface area contributed by atoms with Gasteiger partial charge in [0, 0.05) is 37.0 Å². The fourth-order valence-electron chi connectivity index (χ4n) is 3.04. The molecule has 1 aromatic heterocycles. The Labute approximate surface area is 151 Å². The van der Waals surface area contributed by atoms with Crippen LogP contribution in [0.4, 0.5) is 10.8 Å². The predicted molar refractivity (Wildman–Crippen MR) is 99.9 cm³/mol. The molecule has 2 aromatic rings. The second-order valence-corrected chi connectivity index (χ2v) is 7.54. The molecule has 0 radical (unpaired) electrons. The van der Waals surface area contributed by atoms with E-state index in [-0.39, 0.29) is 11.8 Å². The van der Waals surface area contributed by atoms with Gasteiger partial charge in [-0.25, -0.2) is 4.98 Å². The summed E-state index contributed by atoms with van der Waals surface area (Å²) in [6, 6.07) is 6.03. The number of aryl methyl sites for hydroxylation is 2. The molecular weight excluding hydrogens is 336 g/mol. The number of nitrogens with one attached hydrogen (secondary N) is 2. The van der Waals surface area contributed by atoms with Gasteiger partial charge in [0.25, 0.3) is 0 Å². The Kier molecular flexibility index (Phi) is 5.15. The Morgan fingerprint density at radius 1 is 1.20 bits per heavy atom. The molecule has 0 atom stereocenters. The van der Waals surface area contributed by atoms with Crippen LogP contribution in [0.25, 0.3) is 0 Å². The number of fused-ring (bicyclic) bond motifs is 1. The smallest absolute Gasteiger partial charge is 0.238 e. The van der Waals surface area contributed by atoms with E-state index in [9.17, 15) is 9.59 Å². The number of hydrogen-bond acceptors (Lipinski definition) is 5. The fourth-order valence-corrected chi connectivity index (χ4v) is 4.13. The summed E-state index contributed by atoms with van der Waals surface area (Å²) in [5, 5.41) is 6.35. The van der Waals surface area contributed by atoms with Crippen LogP contribution in [0.15, 0.2) is 18.2 Å². The highest BCUT2D eigenvalue weighted by Gasteiger charge is 2.22. The van der Waals surface area contributed by atoms with Crippen molar-refractivity contribution in [3.63, 3.8) is 0 Å². The molecule has 0 unspecified atom stereocenters. The van der Waals surface area contributed by atoms with Crippen molar-refractivity contribution in [2.75, 3.05) is 23.7 Å². The lowest BCUT2D eigenvalue weighted by molar-refractivity contribution is -0.117. The van der Waals surface area contributed by atoms with Crippen LogP contribution >= 0.6 is 11.3 Å². The maximum absolute atomic E-state index is 12.3. The monoisotopic (exact) mass is 358 g/mol. The van der Waals surface area contributed by atoms with Crippen LogP contribution in [0.2, 0.25) is 0 Å². The molecular formula is C18H22N4O2S. The third-order valence-electron chi connectivity index (χ3n) is 3.97. The van der Waals surface area contributed by atoms with E-state index in [0.717, 1.165) is 40.4 Å². The van der Waals surface area contributed by atoms with Crippen LogP contribution < -0.4 is 10.6 Å². The van der Waals surface area contributed by atoms with Gasteiger partial charge in [0.2, 0.25) is 11.8 Å². The molecule has 0 bridgehead atoms. The number of anilines is 2. The van der Waals surface area contributed by atoms with E-state index in [0.29, 0.717) is 18.2 Å². The normalized spacial score (nSPS) is 14.0. The molecule has 0 fully saturated rings. The molecule has 1 aromatic carbocycles. The lowest BCUT2D eigenvalue weighted by atomic mass is 10.1. The third kappa shape index (κ3) is 4.64. The van der Waals surface area contributed by atoms with Crippen LogP contribution in [0.3, 0.4) is 0 Å². The minimum atomic E-state index is -0.115. The summed E-state index contributed by atoms with van der Waals surface area (Å²) in [7, 11) is 0. The first kappa shape index (κ1) is 17.6. The third-order valence-corrected chi connectivity index (χ3v) is 4.96. The molecule has 2 amide bonds. The molecule has 0 aliphatic carbocycles. The largest absolute Gasteiger partial charge is 0.325 e. The topological polar surface area (TPSA) is 74.3 Å². The highest BCUT2D eigenvalue weighted by molar-refractivity contribution is 7.15. The molecule has 7 heteroatoms. The Morgan fingerprint density at radius 2 is 1.92 bits per heavy atom. The number of aromatic nitrogens is 1. The van der Waals surface area contributed by atoms with E-state index in [1.54, 1.807) is 0 Å². The second-order valence-electron chi connectivity index (χ2n) is 6.46. The number of carbonyl (C=O) groups is 2. The van der Waals surface area contributed by atoms with Gasteiger partial charge in [0.1, 0.15) is 0 Å². The van der Waals surface area contributed by atoms with Crippen molar-refractivity contribution in [1.29, 1.82) is 0 Å². The maximum atomic E-state index is 12.3. The summed E-state index contributed by atoms with van der Waals surface area (Å²) >= 11 is 1.49. The SMILES string of the molecule is CC(=O)Nc1nc2c(s1)CN(CC(=O)Nc1cc(C)cc(C)c1)CC2. The van der Waals surface area contributed by atoms with Gasteiger partial charge in [-0.3, -0.25) is 14.5 Å².